The van der Waals surface area contributed by atoms with Gasteiger partial charge in [-0.1, -0.05) is 12.1 Å². The summed E-state index contributed by atoms with van der Waals surface area (Å²) < 4.78 is 27.3. The number of aromatic nitrogens is 3. The predicted octanol–water partition coefficient (Wildman–Crippen LogP) is 0.462. The summed E-state index contributed by atoms with van der Waals surface area (Å²) in [5.74, 6) is 0.379. The van der Waals surface area contributed by atoms with E-state index < -0.39 is 10.0 Å². The second-order valence-corrected chi connectivity index (χ2v) is 6.12. The molecular formula is C9H17ClN4O2S. The molecule has 1 unspecified atom stereocenters. The molecule has 1 rings (SSSR count). The van der Waals surface area contributed by atoms with Gasteiger partial charge < -0.3 is 0 Å². The fourth-order valence-corrected chi connectivity index (χ4v) is 2.98. The summed E-state index contributed by atoms with van der Waals surface area (Å²) in [5.41, 5.74) is 0. The molecule has 0 saturated carbocycles. The number of sulfonamides is 1. The van der Waals surface area contributed by atoms with Crippen LogP contribution in [0.5, 0.6) is 0 Å². The topological polar surface area (TPSA) is 76.9 Å². The quantitative estimate of drug-likeness (QED) is 0.554. The van der Waals surface area contributed by atoms with Crippen LogP contribution >= 0.6 is 11.6 Å². The van der Waals surface area contributed by atoms with Gasteiger partial charge in [-0.3, -0.25) is 4.68 Å². The van der Waals surface area contributed by atoms with Gasteiger partial charge in [0, 0.05) is 25.2 Å². The van der Waals surface area contributed by atoms with Gasteiger partial charge in [0.05, 0.1) is 11.9 Å². The summed E-state index contributed by atoms with van der Waals surface area (Å²) in [6.45, 7) is 2.85. The molecule has 0 aliphatic carbocycles. The molecule has 8 heteroatoms. The summed E-state index contributed by atoms with van der Waals surface area (Å²) >= 11 is 5.58. The van der Waals surface area contributed by atoms with Gasteiger partial charge in [0.2, 0.25) is 10.0 Å². The van der Waals surface area contributed by atoms with Crippen LogP contribution in [-0.4, -0.2) is 41.6 Å². The molecule has 1 N–H and O–H groups in total. The third kappa shape index (κ3) is 5.99. The van der Waals surface area contributed by atoms with Gasteiger partial charge in [-0.05, 0) is 12.3 Å². The van der Waals surface area contributed by atoms with Crippen molar-refractivity contribution in [2.24, 2.45) is 5.92 Å². The van der Waals surface area contributed by atoms with Gasteiger partial charge >= 0.3 is 0 Å². The lowest BCUT2D eigenvalue weighted by Gasteiger charge is -2.09. The Kier molecular flexibility index (Phi) is 5.87. The van der Waals surface area contributed by atoms with Crippen LogP contribution in [0.4, 0.5) is 0 Å². The number of alkyl halides is 1. The van der Waals surface area contributed by atoms with Crippen LogP contribution < -0.4 is 4.72 Å². The molecule has 0 spiro atoms. The Morgan fingerprint density at radius 2 is 2.29 bits per heavy atom. The van der Waals surface area contributed by atoms with Crippen LogP contribution in [0.15, 0.2) is 12.4 Å². The lowest BCUT2D eigenvalue weighted by Crippen LogP contribution is -2.30. The van der Waals surface area contributed by atoms with Gasteiger partial charge in [0.1, 0.15) is 0 Å². The summed E-state index contributed by atoms with van der Waals surface area (Å²) in [6.07, 6.45) is 4.01. The fraction of sp³-hybridized carbons (Fsp3) is 0.778. The van der Waals surface area contributed by atoms with E-state index in [1.807, 2.05) is 6.92 Å². The SMILES string of the molecule is CC(CCl)CS(=O)(=O)NCCCn1ccnn1. The molecule has 6 nitrogen and oxygen atoms in total. The highest BCUT2D eigenvalue weighted by Gasteiger charge is 2.14. The second-order valence-electron chi connectivity index (χ2n) is 3.95. The Bertz CT molecular complexity index is 407. The molecule has 1 aromatic heterocycles. The van der Waals surface area contributed by atoms with E-state index in [1.54, 1.807) is 17.1 Å². The summed E-state index contributed by atoms with van der Waals surface area (Å²) in [4.78, 5) is 0. The van der Waals surface area contributed by atoms with Crippen LogP contribution in [-0.2, 0) is 16.6 Å². The van der Waals surface area contributed by atoms with Crippen molar-refractivity contribution in [3.05, 3.63) is 12.4 Å². The number of halogens is 1. The van der Waals surface area contributed by atoms with Crippen LogP contribution in [0, 0.1) is 5.92 Å². The van der Waals surface area contributed by atoms with Crippen LogP contribution in [0.3, 0.4) is 0 Å². The van der Waals surface area contributed by atoms with E-state index in [-0.39, 0.29) is 11.7 Å². The Morgan fingerprint density at radius 3 is 2.88 bits per heavy atom. The van der Waals surface area contributed by atoms with Crippen LogP contribution in [0.2, 0.25) is 0 Å². The maximum absolute atomic E-state index is 11.6. The van der Waals surface area contributed by atoms with Gasteiger partial charge in [-0.25, -0.2) is 13.1 Å². The van der Waals surface area contributed by atoms with E-state index in [4.69, 9.17) is 11.6 Å². The third-order valence-electron chi connectivity index (χ3n) is 2.13. The van der Waals surface area contributed by atoms with Crippen molar-refractivity contribution in [2.75, 3.05) is 18.2 Å². The molecule has 0 saturated heterocycles. The molecule has 98 valence electrons. The lowest BCUT2D eigenvalue weighted by atomic mass is 10.3. The predicted molar refractivity (Wildman–Crippen MR) is 66.3 cm³/mol. The normalized spacial score (nSPS) is 13.8. The lowest BCUT2D eigenvalue weighted by molar-refractivity contribution is 0.538. The zero-order valence-corrected chi connectivity index (χ0v) is 11.3. The van der Waals surface area contributed by atoms with Gasteiger partial charge in [-0.2, -0.15) is 0 Å². The van der Waals surface area contributed by atoms with Crippen molar-refractivity contribution in [1.82, 2.24) is 19.7 Å². The minimum absolute atomic E-state index is 0.0375. The first-order chi connectivity index (χ1) is 8.03. The maximum atomic E-state index is 11.6. The van der Waals surface area contributed by atoms with E-state index in [0.717, 1.165) is 0 Å². The molecule has 1 atom stereocenters. The monoisotopic (exact) mass is 280 g/mol. The largest absolute Gasteiger partial charge is 0.253 e. The van der Waals surface area contributed by atoms with E-state index in [1.165, 1.54) is 0 Å². The molecule has 0 aliphatic rings. The molecule has 0 fully saturated rings. The number of aryl methyl sites for hydroxylation is 1. The van der Waals surface area contributed by atoms with Crippen molar-refractivity contribution < 1.29 is 8.42 Å². The summed E-state index contributed by atoms with van der Waals surface area (Å²) in [7, 11) is -3.21. The smallest absolute Gasteiger partial charge is 0.211 e. The van der Waals surface area contributed by atoms with Crippen molar-refractivity contribution in [3.63, 3.8) is 0 Å². The highest BCUT2D eigenvalue weighted by atomic mass is 35.5. The van der Waals surface area contributed by atoms with Crippen molar-refractivity contribution in [3.8, 4) is 0 Å². The molecule has 1 aromatic rings. The molecule has 0 bridgehead atoms. The Hall–Kier alpha value is -0.660. The third-order valence-corrected chi connectivity index (χ3v) is 4.30. The van der Waals surface area contributed by atoms with Crippen molar-refractivity contribution in [1.29, 1.82) is 0 Å². The Balaban J connectivity index is 2.21. The van der Waals surface area contributed by atoms with E-state index >= 15 is 0 Å². The zero-order valence-electron chi connectivity index (χ0n) is 9.71. The second kappa shape index (κ2) is 6.93. The molecule has 1 heterocycles. The van der Waals surface area contributed by atoms with Crippen LogP contribution in [0.25, 0.3) is 0 Å². The van der Waals surface area contributed by atoms with Gasteiger partial charge in [0.25, 0.3) is 0 Å². The molecular weight excluding hydrogens is 264 g/mol. The highest BCUT2D eigenvalue weighted by Crippen LogP contribution is 2.01. The minimum Gasteiger partial charge on any atom is -0.253 e. The first-order valence-electron chi connectivity index (χ1n) is 5.41. The standard InChI is InChI=1S/C9H17ClN4O2S/c1-9(7-10)8-17(15,16)12-3-2-5-14-6-4-11-13-14/h4,6,9,12H,2-3,5,7-8H2,1H3. The molecule has 0 amide bonds. The first-order valence-corrected chi connectivity index (χ1v) is 7.59. The highest BCUT2D eigenvalue weighted by molar-refractivity contribution is 7.89. The Morgan fingerprint density at radius 1 is 1.53 bits per heavy atom. The van der Waals surface area contributed by atoms with Crippen molar-refractivity contribution in [2.45, 2.75) is 19.9 Å². The first kappa shape index (κ1) is 14.4. The maximum Gasteiger partial charge on any atom is 0.211 e. The number of hydrogen-bond donors (Lipinski definition) is 1. The molecule has 0 aliphatic heterocycles. The van der Waals surface area contributed by atoms with Gasteiger partial charge in [0.15, 0.2) is 0 Å². The van der Waals surface area contributed by atoms with E-state index in [9.17, 15) is 8.42 Å². The fourth-order valence-electron chi connectivity index (χ4n) is 1.30. The summed E-state index contributed by atoms with van der Waals surface area (Å²) in [6, 6.07) is 0. The Labute approximate surface area is 106 Å². The molecule has 0 aromatic carbocycles. The van der Waals surface area contributed by atoms with Crippen LogP contribution in [0.1, 0.15) is 13.3 Å². The minimum atomic E-state index is -3.21. The number of nitrogens with one attached hydrogen (secondary N) is 1. The number of nitrogens with zero attached hydrogens (tertiary/aromatic N) is 3. The van der Waals surface area contributed by atoms with Gasteiger partial charge in [-0.15, -0.1) is 16.7 Å². The van der Waals surface area contributed by atoms with Crippen molar-refractivity contribution >= 4 is 21.6 Å². The average molecular weight is 281 g/mol. The molecule has 17 heavy (non-hydrogen) atoms. The average Bonchev–Trinajstić information content (AvgIpc) is 2.76. The zero-order chi connectivity index (χ0) is 12.7. The number of hydrogen-bond acceptors (Lipinski definition) is 4. The molecule has 0 radical (unpaired) electrons. The summed E-state index contributed by atoms with van der Waals surface area (Å²) in [5, 5.41) is 7.44. The van der Waals surface area contributed by atoms with E-state index in [2.05, 4.69) is 15.0 Å². The van der Waals surface area contributed by atoms with E-state index in [0.29, 0.717) is 25.4 Å². The number of rotatable bonds is 8.